The van der Waals surface area contributed by atoms with Gasteiger partial charge in [0.2, 0.25) is 11.7 Å². The Labute approximate surface area is 179 Å². The first-order chi connectivity index (χ1) is 15.0. The third-order valence-electron chi connectivity index (χ3n) is 4.79. The molecule has 7 nitrogen and oxygen atoms in total. The minimum absolute atomic E-state index is 0.0229. The molecule has 0 amide bonds. The number of halogens is 3. The normalized spacial score (nSPS) is 10.9. The van der Waals surface area contributed by atoms with Gasteiger partial charge in [-0.05, 0) is 36.6 Å². The number of benzene rings is 1. The molecule has 0 aliphatic carbocycles. The molecule has 2 heterocycles. The zero-order valence-corrected chi connectivity index (χ0v) is 17.3. The van der Waals surface area contributed by atoms with E-state index in [2.05, 4.69) is 9.97 Å². The lowest BCUT2D eigenvalue weighted by molar-refractivity contribution is 0.102. The van der Waals surface area contributed by atoms with E-state index < -0.39 is 52.8 Å². The first-order valence-corrected chi connectivity index (χ1v) is 9.47. The van der Waals surface area contributed by atoms with E-state index in [1.54, 1.807) is 26.8 Å². The van der Waals surface area contributed by atoms with Crippen LogP contribution in [0.1, 0.15) is 58.1 Å². The number of aryl methyl sites for hydroxylation is 1. The van der Waals surface area contributed by atoms with E-state index in [9.17, 15) is 32.8 Å². The average Bonchev–Trinajstić information content (AvgIpc) is 2.71. The summed E-state index contributed by atoms with van der Waals surface area (Å²) in [7, 11) is 0. The summed E-state index contributed by atoms with van der Waals surface area (Å²) < 4.78 is 42.2. The molecule has 0 fully saturated rings. The molecule has 10 heteroatoms. The maximum atomic E-state index is 14.2. The Morgan fingerprint density at radius 3 is 2.50 bits per heavy atom. The second-order valence-electron chi connectivity index (χ2n) is 7.50. The number of nitrogens with zero attached hydrogens (tertiary/aromatic N) is 3. The number of aromatic amines is 1. The number of hydrogen-bond acceptors (Lipinski definition) is 5. The summed E-state index contributed by atoms with van der Waals surface area (Å²) in [6, 6.07) is 6.82. The van der Waals surface area contributed by atoms with Crippen LogP contribution in [0.15, 0.2) is 33.9 Å². The predicted molar refractivity (Wildman–Crippen MR) is 108 cm³/mol. The summed E-state index contributed by atoms with van der Waals surface area (Å²) >= 11 is 0. The molecule has 0 bridgehead atoms. The molecule has 1 aromatic carbocycles. The number of carbonyl (C=O) groups is 1. The molecule has 0 spiro atoms. The van der Waals surface area contributed by atoms with Gasteiger partial charge in [0.25, 0.3) is 11.5 Å². The first-order valence-electron chi connectivity index (χ1n) is 9.47. The smallest absolute Gasteiger partial charge is 0.287 e. The van der Waals surface area contributed by atoms with Gasteiger partial charge >= 0.3 is 5.69 Å². The van der Waals surface area contributed by atoms with Crippen molar-refractivity contribution < 1.29 is 18.0 Å². The number of nitrogens with one attached hydrogen (secondary N) is 1. The molecule has 0 atom stereocenters. The van der Waals surface area contributed by atoms with Crippen molar-refractivity contribution in [2.24, 2.45) is 0 Å². The van der Waals surface area contributed by atoms with Gasteiger partial charge in [-0.15, -0.1) is 0 Å². The van der Waals surface area contributed by atoms with Gasteiger partial charge < -0.3 is 0 Å². The molecule has 32 heavy (non-hydrogen) atoms. The number of hydrogen-bond donors (Lipinski definition) is 1. The number of H-pyrrole nitrogens is 1. The highest BCUT2D eigenvalue weighted by Gasteiger charge is 2.26. The van der Waals surface area contributed by atoms with Gasteiger partial charge in [0.1, 0.15) is 5.69 Å². The molecule has 0 aliphatic heterocycles. The number of pyridine rings is 1. The molecule has 2 aromatic heterocycles. The molecule has 164 valence electrons. The van der Waals surface area contributed by atoms with Gasteiger partial charge in [0, 0.05) is 22.8 Å². The van der Waals surface area contributed by atoms with E-state index >= 15 is 0 Å². The van der Waals surface area contributed by atoms with Crippen LogP contribution in [-0.2, 0) is 6.54 Å². The van der Waals surface area contributed by atoms with E-state index in [1.165, 1.54) is 12.1 Å². The Balaban J connectivity index is 2.33. The van der Waals surface area contributed by atoms with Gasteiger partial charge in [0.15, 0.2) is 5.82 Å². The molecule has 0 unspecified atom stereocenters. The Kier molecular flexibility index (Phi) is 6.11. The fourth-order valence-electron chi connectivity index (χ4n) is 3.43. The lowest BCUT2D eigenvalue weighted by atomic mass is 9.95. The summed E-state index contributed by atoms with van der Waals surface area (Å²) in [5.74, 6) is -5.82. The maximum absolute atomic E-state index is 14.2. The second kappa shape index (κ2) is 8.63. The highest BCUT2D eigenvalue weighted by Crippen LogP contribution is 2.21. The first kappa shape index (κ1) is 22.7. The Hall–Kier alpha value is -4.00. The summed E-state index contributed by atoms with van der Waals surface area (Å²) in [6.45, 7) is 4.14. The zero-order valence-electron chi connectivity index (χ0n) is 17.3. The number of rotatable bonds is 5. The number of ketones is 1. The highest BCUT2D eigenvalue weighted by molar-refractivity contribution is 6.09. The third kappa shape index (κ3) is 4.23. The third-order valence-corrected chi connectivity index (χ3v) is 4.79. The van der Waals surface area contributed by atoms with E-state index in [0.29, 0.717) is 11.6 Å². The van der Waals surface area contributed by atoms with Crippen molar-refractivity contribution in [2.45, 2.75) is 33.2 Å². The van der Waals surface area contributed by atoms with Gasteiger partial charge in [-0.2, -0.15) is 19.0 Å². The van der Waals surface area contributed by atoms with Crippen molar-refractivity contribution in [1.29, 1.82) is 5.26 Å². The number of aromatic nitrogens is 3. The largest absolute Gasteiger partial charge is 0.329 e. The van der Waals surface area contributed by atoms with Crippen LogP contribution in [0.5, 0.6) is 0 Å². The van der Waals surface area contributed by atoms with Crippen LogP contribution < -0.4 is 11.2 Å². The van der Waals surface area contributed by atoms with Crippen molar-refractivity contribution in [3.63, 3.8) is 0 Å². The molecule has 0 radical (unpaired) electrons. The molecular formula is C22H17F3N4O3. The summed E-state index contributed by atoms with van der Waals surface area (Å²) in [5.41, 5.74) is -2.09. The van der Waals surface area contributed by atoms with Crippen LogP contribution in [0.3, 0.4) is 0 Å². The highest BCUT2D eigenvalue weighted by atomic mass is 19.2. The van der Waals surface area contributed by atoms with Crippen LogP contribution in [0, 0.1) is 36.0 Å². The molecule has 3 rings (SSSR count). The van der Waals surface area contributed by atoms with Crippen molar-refractivity contribution in [2.75, 3.05) is 0 Å². The van der Waals surface area contributed by atoms with E-state index in [-0.39, 0.29) is 22.4 Å². The van der Waals surface area contributed by atoms with Crippen LogP contribution in [-0.4, -0.2) is 20.3 Å². The Bertz CT molecular complexity index is 1400. The van der Waals surface area contributed by atoms with Crippen molar-refractivity contribution in [1.82, 2.24) is 14.5 Å². The van der Waals surface area contributed by atoms with Gasteiger partial charge in [-0.3, -0.25) is 19.1 Å². The van der Waals surface area contributed by atoms with Gasteiger partial charge in [0.05, 0.1) is 18.2 Å². The summed E-state index contributed by atoms with van der Waals surface area (Å²) in [4.78, 5) is 43.4. The van der Waals surface area contributed by atoms with Crippen LogP contribution in [0.25, 0.3) is 0 Å². The lowest BCUT2D eigenvalue weighted by Gasteiger charge is -2.18. The standard InChI is InChI=1S/C22H17F3N4O3/c1-10(2)16-18(19(30)13-5-11(3)4-12(6-13)8-26)29(22(32)28-21(16)31)9-14-7-15(23)27-20(25)17(14)24/h4-7,10H,9H2,1-3H3,(H,28,31,32). The monoisotopic (exact) mass is 442 g/mol. The van der Waals surface area contributed by atoms with Crippen LogP contribution in [0.4, 0.5) is 13.2 Å². The summed E-state index contributed by atoms with van der Waals surface area (Å²) in [5, 5.41) is 9.21. The lowest BCUT2D eigenvalue weighted by Crippen LogP contribution is -2.38. The van der Waals surface area contributed by atoms with E-state index in [1.807, 2.05) is 6.07 Å². The molecule has 3 aromatic rings. The summed E-state index contributed by atoms with van der Waals surface area (Å²) in [6.07, 6.45) is 0. The fraction of sp³-hybridized carbons (Fsp3) is 0.227. The predicted octanol–water partition coefficient (Wildman–Crippen LogP) is 2.93. The quantitative estimate of drug-likeness (QED) is 0.483. The molecule has 0 saturated carbocycles. The maximum Gasteiger partial charge on any atom is 0.329 e. The van der Waals surface area contributed by atoms with Gasteiger partial charge in [-0.1, -0.05) is 13.8 Å². The van der Waals surface area contributed by atoms with E-state index in [0.717, 1.165) is 4.57 Å². The zero-order chi connectivity index (χ0) is 23.7. The molecule has 0 aliphatic rings. The van der Waals surface area contributed by atoms with Crippen molar-refractivity contribution in [3.05, 3.63) is 96.3 Å². The van der Waals surface area contributed by atoms with Crippen LogP contribution in [0.2, 0.25) is 0 Å². The topological polar surface area (TPSA) is 109 Å². The average molecular weight is 442 g/mol. The second-order valence-corrected chi connectivity index (χ2v) is 7.50. The minimum Gasteiger partial charge on any atom is -0.287 e. The molecular weight excluding hydrogens is 425 g/mol. The van der Waals surface area contributed by atoms with Crippen molar-refractivity contribution >= 4 is 5.78 Å². The van der Waals surface area contributed by atoms with Gasteiger partial charge in [-0.25, -0.2) is 9.18 Å². The molecule has 1 N–H and O–H groups in total. The van der Waals surface area contributed by atoms with E-state index in [4.69, 9.17) is 0 Å². The Morgan fingerprint density at radius 2 is 1.88 bits per heavy atom. The Morgan fingerprint density at radius 1 is 1.19 bits per heavy atom. The number of carbonyl (C=O) groups excluding carboxylic acids is 1. The minimum atomic E-state index is -1.70. The number of nitriles is 1. The molecule has 0 saturated heterocycles. The van der Waals surface area contributed by atoms with Crippen LogP contribution >= 0.6 is 0 Å². The fourth-order valence-corrected chi connectivity index (χ4v) is 3.43. The SMILES string of the molecule is Cc1cc(C#N)cc(C(=O)c2c(C(C)C)c(=O)[nH]c(=O)n2Cc2cc(F)nc(F)c2F)c1. The van der Waals surface area contributed by atoms with Crippen molar-refractivity contribution in [3.8, 4) is 6.07 Å².